The summed E-state index contributed by atoms with van der Waals surface area (Å²) < 4.78 is 5.72. The van der Waals surface area contributed by atoms with Crippen LogP contribution in [0.4, 0.5) is 5.69 Å². The molecule has 0 radical (unpaired) electrons. The standard InChI is InChI=1S/C16H16Cl3NO/c1-10-5-11(2)7-12(6-10)21-4-3-20-16-9-14(18)13(17)8-15(16)19/h5-9,20H,3-4H2,1-2H3. The SMILES string of the molecule is Cc1cc(C)cc(OCCNc2cc(Cl)c(Cl)cc2Cl)c1. The van der Waals surface area contributed by atoms with E-state index in [0.717, 1.165) is 11.4 Å². The van der Waals surface area contributed by atoms with Crippen LogP contribution in [0.2, 0.25) is 15.1 Å². The molecule has 2 aromatic rings. The first-order valence-electron chi connectivity index (χ1n) is 6.55. The summed E-state index contributed by atoms with van der Waals surface area (Å²) in [5.41, 5.74) is 3.12. The number of anilines is 1. The number of benzene rings is 2. The molecule has 5 heteroatoms. The van der Waals surface area contributed by atoms with Crippen LogP contribution in [-0.2, 0) is 0 Å². The van der Waals surface area contributed by atoms with Crippen LogP contribution in [0.3, 0.4) is 0 Å². The maximum Gasteiger partial charge on any atom is 0.119 e. The zero-order chi connectivity index (χ0) is 15.4. The minimum atomic E-state index is 0.443. The Hall–Kier alpha value is -1.09. The summed E-state index contributed by atoms with van der Waals surface area (Å²) in [4.78, 5) is 0. The summed E-state index contributed by atoms with van der Waals surface area (Å²) in [7, 11) is 0. The van der Waals surface area contributed by atoms with Crippen molar-refractivity contribution in [2.45, 2.75) is 13.8 Å². The van der Waals surface area contributed by atoms with Crippen LogP contribution < -0.4 is 10.1 Å². The molecule has 2 nitrogen and oxygen atoms in total. The number of hydrogen-bond donors (Lipinski definition) is 1. The number of nitrogens with one attached hydrogen (secondary N) is 1. The minimum absolute atomic E-state index is 0.443. The summed E-state index contributed by atoms with van der Waals surface area (Å²) in [6.45, 7) is 5.24. The fourth-order valence-corrected chi connectivity index (χ4v) is 2.64. The molecule has 1 N–H and O–H groups in total. The lowest BCUT2D eigenvalue weighted by Gasteiger charge is -2.11. The van der Waals surface area contributed by atoms with Crippen LogP contribution in [0.1, 0.15) is 11.1 Å². The van der Waals surface area contributed by atoms with Gasteiger partial charge in [-0.1, -0.05) is 40.9 Å². The highest BCUT2D eigenvalue weighted by atomic mass is 35.5. The maximum atomic E-state index is 6.09. The summed E-state index contributed by atoms with van der Waals surface area (Å²) >= 11 is 17.9. The van der Waals surface area contributed by atoms with Gasteiger partial charge in [-0.15, -0.1) is 0 Å². The Kier molecular flexibility index (Phi) is 5.63. The molecule has 2 rings (SSSR count). The number of halogens is 3. The number of ether oxygens (including phenoxy) is 1. The van der Waals surface area contributed by atoms with E-state index in [0.29, 0.717) is 28.2 Å². The van der Waals surface area contributed by atoms with E-state index < -0.39 is 0 Å². The smallest absolute Gasteiger partial charge is 0.119 e. The highest BCUT2D eigenvalue weighted by Gasteiger charge is 2.05. The lowest BCUT2D eigenvalue weighted by atomic mass is 10.1. The van der Waals surface area contributed by atoms with Gasteiger partial charge >= 0.3 is 0 Å². The summed E-state index contributed by atoms with van der Waals surface area (Å²) in [6, 6.07) is 9.47. The van der Waals surface area contributed by atoms with E-state index in [9.17, 15) is 0 Å². The van der Waals surface area contributed by atoms with Gasteiger partial charge in [-0.2, -0.15) is 0 Å². The molecule has 0 saturated carbocycles. The Bertz CT molecular complexity index is 623. The first-order chi connectivity index (χ1) is 9.95. The fraction of sp³-hybridized carbons (Fsp3) is 0.250. The fourth-order valence-electron chi connectivity index (χ4n) is 2.03. The van der Waals surface area contributed by atoms with Gasteiger partial charge in [0.1, 0.15) is 12.4 Å². The largest absolute Gasteiger partial charge is 0.492 e. The van der Waals surface area contributed by atoms with Gasteiger partial charge in [0, 0.05) is 6.54 Å². The minimum Gasteiger partial charge on any atom is -0.492 e. The van der Waals surface area contributed by atoms with E-state index in [2.05, 4.69) is 11.4 Å². The van der Waals surface area contributed by atoms with Gasteiger partial charge in [0.2, 0.25) is 0 Å². The van der Waals surface area contributed by atoms with Gasteiger partial charge in [-0.05, 0) is 49.2 Å². The number of aryl methyl sites for hydroxylation is 2. The molecular formula is C16H16Cl3NO. The Morgan fingerprint density at radius 1 is 0.857 bits per heavy atom. The van der Waals surface area contributed by atoms with Crippen molar-refractivity contribution in [2.75, 3.05) is 18.5 Å². The van der Waals surface area contributed by atoms with E-state index in [1.54, 1.807) is 12.1 Å². The highest BCUT2D eigenvalue weighted by Crippen LogP contribution is 2.32. The van der Waals surface area contributed by atoms with Crippen molar-refractivity contribution in [1.29, 1.82) is 0 Å². The Balaban J connectivity index is 1.89. The van der Waals surface area contributed by atoms with E-state index >= 15 is 0 Å². The normalized spacial score (nSPS) is 10.5. The molecule has 112 valence electrons. The van der Waals surface area contributed by atoms with Gasteiger partial charge in [0.15, 0.2) is 0 Å². The third-order valence-electron chi connectivity index (χ3n) is 2.89. The van der Waals surface area contributed by atoms with Crippen molar-refractivity contribution in [3.63, 3.8) is 0 Å². The molecular weight excluding hydrogens is 329 g/mol. The second-order valence-electron chi connectivity index (χ2n) is 4.84. The molecule has 0 heterocycles. The van der Waals surface area contributed by atoms with Gasteiger partial charge < -0.3 is 10.1 Å². The molecule has 0 unspecified atom stereocenters. The third-order valence-corrected chi connectivity index (χ3v) is 3.93. The average molecular weight is 345 g/mol. The average Bonchev–Trinajstić information content (AvgIpc) is 2.39. The van der Waals surface area contributed by atoms with Crippen molar-refractivity contribution in [2.24, 2.45) is 0 Å². The molecule has 0 amide bonds. The lowest BCUT2D eigenvalue weighted by Crippen LogP contribution is -2.12. The highest BCUT2D eigenvalue weighted by molar-refractivity contribution is 6.44. The van der Waals surface area contributed by atoms with Gasteiger partial charge in [0.05, 0.1) is 20.8 Å². The lowest BCUT2D eigenvalue weighted by molar-refractivity contribution is 0.332. The molecule has 21 heavy (non-hydrogen) atoms. The van der Waals surface area contributed by atoms with E-state index in [-0.39, 0.29) is 0 Å². The zero-order valence-corrected chi connectivity index (χ0v) is 14.1. The molecule has 0 spiro atoms. The van der Waals surface area contributed by atoms with Gasteiger partial charge in [-0.3, -0.25) is 0 Å². The molecule has 0 saturated heterocycles. The van der Waals surface area contributed by atoms with Crippen LogP contribution in [0.25, 0.3) is 0 Å². The first kappa shape index (κ1) is 16.3. The zero-order valence-electron chi connectivity index (χ0n) is 11.8. The molecule has 2 aromatic carbocycles. The van der Waals surface area contributed by atoms with E-state index in [1.165, 1.54) is 11.1 Å². The molecule has 0 bridgehead atoms. The van der Waals surface area contributed by atoms with Crippen molar-refractivity contribution in [3.8, 4) is 5.75 Å². The van der Waals surface area contributed by atoms with Crippen LogP contribution in [0, 0.1) is 13.8 Å². The molecule has 0 aliphatic heterocycles. The third kappa shape index (κ3) is 4.70. The summed E-state index contributed by atoms with van der Waals surface area (Å²) in [5, 5.41) is 4.63. The van der Waals surface area contributed by atoms with Gasteiger partial charge in [0.25, 0.3) is 0 Å². The number of hydrogen-bond acceptors (Lipinski definition) is 2. The van der Waals surface area contributed by atoms with Crippen LogP contribution in [-0.4, -0.2) is 13.2 Å². The monoisotopic (exact) mass is 343 g/mol. The van der Waals surface area contributed by atoms with Gasteiger partial charge in [-0.25, -0.2) is 0 Å². The molecule has 0 aliphatic rings. The summed E-state index contributed by atoms with van der Waals surface area (Å²) in [6.07, 6.45) is 0. The molecule has 0 aliphatic carbocycles. The maximum absolute atomic E-state index is 6.09. The topological polar surface area (TPSA) is 21.3 Å². The van der Waals surface area contributed by atoms with E-state index in [4.69, 9.17) is 39.5 Å². The molecule has 0 atom stereocenters. The van der Waals surface area contributed by atoms with Crippen LogP contribution in [0.15, 0.2) is 30.3 Å². The second kappa shape index (κ2) is 7.26. The van der Waals surface area contributed by atoms with Crippen LogP contribution in [0.5, 0.6) is 5.75 Å². The van der Waals surface area contributed by atoms with E-state index in [1.807, 2.05) is 26.0 Å². The molecule has 0 fully saturated rings. The predicted octanol–water partition coefficient (Wildman–Crippen LogP) is 5.75. The Morgan fingerprint density at radius 2 is 1.48 bits per heavy atom. The second-order valence-corrected chi connectivity index (χ2v) is 6.07. The Morgan fingerprint density at radius 3 is 2.14 bits per heavy atom. The van der Waals surface area contributed by atoms with Crippen molar-refractivity contribution >= 4 is 40.5 Å². The number of rotatable bonds is 5. The van der Waals surface area contributed by atoms with Crippen LogP contribution >= 0.6 is 34.8 Å². The van der Waals surface area contributed by atoms with Crippen molar-refractivity contribution < 1.29 is 4.74 Å². The van der Waals surface area contributed by atoms with Crippen molar-refractivity contribution in [3.05, 3.63) is 56.5 Å². The summed E-state index contributed by atoms with van der Waals surface area (Å²) in [5.74, 6) is 0.870. The first-order valence-corrected chi connectivity index (χ1v) is 7.68. The Labute approximate surface area is 140 Å². The molecule has 0 aromatic heterocycles. The van der Waals surface area contributed by atoms with Crippen molar-refractivity contribution in [1.82, 2.24) is 0 Å². The quantitative estimate of drug-likeness (QED) is 0.550. The predicted molar refractivity (Wildman–Crippen MR) is 91.4 cm³/mol.